The van der Waals surface area contributed by atoms with Crippen molar-refractivity contribution in [3.8, 4) is 0 Å². The van der Waals surface area contributed by atoms with Crippen LogP contribution in [0, 0.1) is 0 Å². The quantitative estimate of drug-likeness (QED) is 0.0334. The fourth-order valence-corrected chi connectivity index (χ4v) is 11.5. The minimum absolute atomic E-state index is 0.895. The zero-order valence-electron chi connectivity index (χ0n) is 47.0. The third-order valence-electron chi connectivity index (χ3n) is 16.4. The van der Waals surface area contributed by atoms with Gasteiger partial charge in [-0.1, -0.05) is 124 Å². The summed E-state index contributed by atoms with van der Waals surface area (Å²) < 4.78 is 22.2. The zero-order valence-corrected chi connectivity index (χ0v) is 47.0. The zero-order chi connectivity index (χ0) is 51.9. The van der Waals surface area contributed by atoms with Crippen LogP contribution in [0.5, 0.6) is 0 Å². The Kier molecular flexibility index (Phi) is 26.5. The van der Waals surface area contributed by atoms with Crippen molar-refractivity contribution in [2.75, 3.05) is 167 Å². The van der Waals surface area contributed by atoms with E-state index in [4.69, 9.17) is 18.9 Å². The minimum atomic E-state index is 0.895. The van der Waals surface area contributed by atoms with Crippen LogP contribution in [0.4, 0.5) is 11.4 Å². The number of morpholine rings is 4. The second-order valence-corrected chi connectivity index (χ2v) is 22.2. The molecule has 4 heterocycles. The van der Waals surface area contributed by atoms with Crippen molar-refractivity contribution in [1.29, 1.82) is 0 Å². The van der Waals surface area contributed by atoms with Gasteiger partial charge in [0, 0.05) is 89.9 Å². The van der Waals surface area contributed by atoms with Crippen LogP contribution < -0.4 is 9.80 Å². The first kappa shape index (κ1) is 58.1. The molecule has 4 aliphatic rings. The van der Waals surface area contributed by atoms with E-state index in [9.17, 15) is 0 Å². The average molecular weight is 1040 g/mol. The summed E-state index contributed by atoms with van der Waals surface area (Å²) >= 11 is 0. The van der Waals surface area contributed by atoms with Gasteiger partial charge in [-0.3, -0.25) is 19.6 Å². The molecule has 4 aromatic rings. The largest absolute Gasteiger partial charge is 0.379 e. The summed E-state index contributed by atoms with van der Waals surface area (Å²) in [5.74, 6) is 0. The van der Waals surface area contributed by atoms with E-state index in [1.165, 1.54) is 173 Å². The minimum Gasteiger partial charge on any atom is -0.379 e. The molecule has 0 atom stereocenters. The van der Waals surface area contributed by atoms with Crippen LogP contribution in [0.1, 0.15) is 125 Å². The molecule has 0 saturated carbocycles. The van der Waals surface area contributed by atoms with E-state index in [-0.39, 0.29) is 0 Å². The van der Waals surface area contributed by atoms with Crippen molar-refractivity contribution in [2.45, 2.75) is 103 Å². The number of anilines is 2. The van der Waals surface area contributed by atoms with Gasteiger partial charge in [0.15, 0.2) is 0 Å². The highest BCUT2D eigenvalue weighted by molar-refractivity contribution is 5.88. The third kappa shape index (κ3) is 21.6. The van der Waals surface area contributed by atoms with Crippen LogP contribution in [-0.4, -0.2) is 177 Å². The number of benzene rings is 4. The molecular formula is C66H98N6O4. The lowest BCUT2D eigenvalue weighted by Gasteiger charge is -2.27. The SMILES string of the molecule is C(=C\c1ccc2cc(/C=C/c3ccc(N(CCCCCCN4CCOCC4)CCCCCCN4CCOCC4)cc3)ccc2c1)/c1ccc(N(CCCCCCN2CCOCC2)CCCCCCN2CCOCC2)cc1. The maximum Gasteiger partial charge on any atom is 0.0594 e. The molecule has 4 aromatic carbocycles. The molecule has 10 heteroatoms. The maximum atomic E-state index is 5.55. The van der Waals surface area contributed by atoms with Gasteiger partial charge in [0.25, 0.3) is 0 Å². The Morgan fingerprint density at radius 1 is 0.289 bits per heavy atom. The Hall–Kier alpha value is -4.10. The molecule has 10 nitrogen and oxygen atoms in total. The Balaban J connectivity index is 0.795. The second kappa shape index (κ2) is 34.7. The van der Waals surface area contributed by atoms with Crippen molar-refractivity contribution in [1.82, 2.24) is 19.6 Å². The van der Waals surface area contributed by atoms with Gasteiger partial charge in [-0.15, -0.1) is 0 Å². The summed E-state index contributed by atoms with van der Waals surface area (Å²) in [6, 6.07) is 32.3. The first-order chi connectivity index (χ1) is 37.7. The highest BCUT2D eigenvalue weighted by atomic mass is 16.5. The highest BCUT2D eigenvalue weighted by Crippen LogP contribution is 2.25. The number of unbranched alkanes of at least 4 members (excludes halogenated alkanes) is 12. The van der Waals surface area contributed by atoms with Crippen LogP contribution in [-0.2, 0) is 18.9 Å². The van der Waals surface area contributed by atoms with E-state index in [0.29, 0.717) is 0 Å². The topological polar surface area (TPSA) is 56.4 Å². The van der Waals surface area contributed by atoms with Crippen LogP contribution in [0.3, 0.4) is 0 Å². The summed E-state index contributed by atoms with van der Waals surface area (Å²) in [7, 11) is 0. The second-order valence-electron chi connectivity index (χ2n) is 22.2. The van der Waals surface area contributed by atoms with E-state index >= 15 is 0 Å². The van der Waals surface area contributed by atoms with E-state index in [1.54, 1.807) is 0 Å². The van der Waals surface area contributed by atoms with Crippen LogP contribution >= 0.6 is 0 Å². The molecule has 0 N–H and O–H groups in total. The van der Waals surface area contributed by atoms with Gasteiger partial charge in [0.1, 0.15) is 0 Å². The normalized spacial score (nSPS) is 17.6. The lowest BCUT2D eigenvalue weighted by molar-refractivity contribution is 0.0370. The average Bonchev–Trinajstić information content (AvgIpc) is 3.47. The highest BCUT2D eigenvalue weighted by Gasteiger charge is 2.14. The first-order valence-electron chi connectivity index (χ1n) is 30.5. The molecule has 0 spiro atoms. The summed E-state index contributed by atoms with van der Waals surface area (Å²) in [5, 5.41) is 2.54. The van der Waals surface area contributed by atoms with Crippen LogP contribution in [0.15, 0.2) is 84.9 Å². The number of fused-ring (bicyclic) bond motifs is 1. The lowest BCUT2D eigenvalue weighted by atomic mass is 10.0. The molecule has 0 aliphatic carbocycles. The van der Waals surface area contributed by atoms with Crippen molar-refractivity contribution in [3.05, 3.63) is 107 Å². The number of ether oxygens (including phenoxy) is 4. The van der Waals surface area contributed by atoms with Gasteiger partial charge < -0.3 is 28.7 Å². The van der Waals surface area contributed by atoms with Gasteiger partial charge in [0.05, 0.1) is 52.9 Å². The molecule has 0 bridgehead atoms. The van der Waals surface area contributed by atoms with Gasteiger partial charge in [-0.2, -0.15) is 0 Å². The first-order valence-corrected chi connectivity index (χ1v) is 30.5. The van der Waals surface area contributed by atoms with Gasteiger partial charge in [0.2, 0.25) is 0 Å². The van der Waals surface area contributed by atoms with Crippen LogP contribution in [0.25, 0.3) is 35.1 Å². The smallest absolute Gasteiger partial charge is 0.0594 e. The molecule has 4 aliphatic heterocycles. The summed E-state index contributed by atoms with van der Waals surface area (Å²) in [5.41, 5.74) is 7.66. The number of nitrogens with zero attached hydrogens (tertiary/aromatic N) is 6. The number of rotatable bonds is 34. The predicted octanol–water partition coefficient (Wildman–Crippen LogP) is 12.4. The molecule has 4 fully saturated rings. The van der Waals surface area contributed by atoms with Gasteiger partial charge in [-0.25, -0.2) is 0 Å². The number of hydrogen-bond donors (Lipinski definition) is 0. The molecular weight excluding hydrogens is 941 g/mol. The molecule has 0 unspecified atom stereocenters. The maximum absolute atomic E-state index is 5.55. The molecule has 0 aromatic heterocycles. The predicted molar refractivity (Wildman–Crippen MR) is 322 cm³/mol. The Morgan fingerprint density at radius 2 is 0.539 bits per heavy atom. The van der Waals surface area contributed by atoms with Crippen molar-refractivity contribution in [2.24, 2.45) is 0 Å². The molecule has 76 heavy (non-hydrogen) atoms. The van der Waals surface area contributed by atoms with E-state index in [0.717, 1.165) is 131 Å². The summed E-state index contributed by atoms with van der Waals surface area (Å²) in [4.78, 5) is 15.6. The third-order valence-corrected chi connectivity index (χ3v) is 16.4. The monoisotopic (exact) mass is 1040 g/mol. The van der Waals surface area contributed by atoms with Crippen LogP contribution in [0.2, 0.25) is 0 Å². The Bertz CT molecular complexity index is 2000. The van der Waals surface area contributed by atoms with E-state index in [1.807, 2.05) is 0 Å². The van der Waals surface area contributed by atoms with Gasteiger partial charge >= 0.3 is 0 Å². The fourth-order valence-electron chi connectivity index (χ4n) is 11.5. The number of hydrogen-bond acceptors (Lipinski definition) is 10. The fraction of sp³-hybridized carbons (Fsp3) is 0.606. The summed E-state index contributed by atoms with van der Waals surface area (Å²) in [6.07, 6.45) is 29.7. The molecule has 8 rings (SSSR count). The standard InChI is InChI=1S/C66H98N6O4/c1(9-33-67-41-49-73-50-42-67)5-13-37-71(38-14-6-2-10-34-68-43-51-74-52-44-68)65-29-23-59(24-30-65)17-19-61-21-27-64-58-62(22-28-63(64)57-61)20-18-60-25-31-66(32-26-60)72(39-15-7-3-11-35-69-45-53-75-54-46-69)40-16-8-4-12-36-70-47-55-76-56-48-70/h17-32,57-58H,1-16,33-56H2/b19-17+,20-18+. The Morgan fingerprint density at radius 3 is 0.829 bits per heavy atom. The van der Waals surface area contributed by atoms with E-state index in [2.05, 4.69) is 139 Å². The van der Waals surface area contributed by atoms with E-state index < -0.39 is 0 Å². The van der Waals surface area contributed by atoms with Crippen molar-refractivity contribution >= 4 is 46.5 Å². The van der Waals surface area contributed by atoms with Crippen molar-refractivity contribution < 1.29 is 18.9 Å². The molecule has 416 valence electrons. The molecule has 4 saturated heterocycles. The van der Waals surface area contributed by atoms with Gasteiger partial charge in [-0.05, 0) is 147 Å². The lowest BCUT2D eigenvalue weighted by Crippen LogP contribution is -2.36. The summed E-state index contributed by atoms with van der Waals surface area (Å²) in [6.45, 7) is 25.3. The van der Waals surface area contributed by atoms with Crippen molar-refractivity contribution in [3.63, 3.8) is 0 Å². The Labute approximate surface area is 460 Å². The molecule has 0 radical (unpaired) electrons. The molecule has 0 amide bonds.